The molecule has 23 heavy (non-hydrogen) atoms. The first-order chi connectivity index (χ1) is 10.9. The minimum atomic E-state index is -0.957. The molecule has 6 heteroatoms. The van der Waals surface area contributed by atoms with E-state index >= 15 is 0 Å². The molecule has 0 unspecified atom stereocenters. The maximum absolute atomic E-state index is 14.8. The van der Waals surface area contributed by atoms with Gasteiger partial charge in [0.15, 0.2) is 11.6 Å². The lowest BCUT2D eigenvalue weighted by atomic mass is 10.1. The van der Waals surface area contributed by atoms with Gasteiger partial charge in [-0.25, -0.2) is 14.2 Å². The Morgan fingerprint density at radius 2 is 1.78 bits per heavy atom. The lowest BCUT2D eigenvalue weighted by Crippen LogP contribution is -2.33. The zero-order chi connectivity index (χ0) is 16.9. The summed E-state index contributed by atoms with van der Waals surface area (Å²) in [4.78, 5) is 8.86. The van der Waals surface area contributed by atoms with E-state index in [1.54, 1.807) is 38.1 Å². The Morgan fingerprint density at radius 1 is 1.09 bits per heavy atom. The lowest BCUT2D eigenvalue weighted by molar-refractivity contribution is -0.220. The molecule has 0 aliphatic carbocycles. The smallest absolute Gasteiger partial charge is 0.212 e. The SMILES string of the molecule is COC(C)(C)ONC(=C(F)c1ccc(F)nc1)c1ccccc1. The van der Waals surface area contributed by atoms with Crippen molar-refractivity contribution in [1.29, 1.82) is 0 Å². The van der Waals surface area contributed by atoms with Crippen molar-refractivity contribution in [1.82, 2.24) is 10.5 Å². The molecule has 0 bridgehead atoms. The fraction of sp³-hybridized carbons (Fsp3) is 0.235. The van der Waals surface area contributed by atoms with Crippen molar-refractivity contribution in [3.63, 3.8) is 0 Å². The summed E-state index contributed by atoms with van der Waals surface area (Å²) < 4.78 is 32.9. The molecule has 0 aliphatic heterocycles. The zero-order valence-electron chi connectivity index (χ0n) is 13.1. The van der Waals surface area contributed by atoms with Gasteiger partial charge in [0.05, 0.1) is 0 Å². The Kier molecular flexibility index (Phi) is 5.41. The van der Waals surface area contributed by atoms with Crippen LogP contribution < -0.4 is 5.48 Å². The molecule has 122 valence electrons. The first-order valence-electron chi connectivity index (χ1n) is 6.99. The fourth-order valence-electron chi connectivity index (χ4n) is 1.70. The van der Waals surface area contributed by atoms with Gasteiger partial charge in [-0.3, -0.25) is 5.48 Å². The van der Waals surface area contributed by atoms with E-state index in [0.717, 1.165) is 12.3 Å². The third kappa shape index (κ3) is 4.58. The van der Waals surface area contributed by atoms with E-state index in [0.29, 0.717) is 5.56 Å². The van der Waals surface area contributed by atoms with Gasteiger partial charge in [0, 0.05) is 24.4 Å². The van der Waals surface area contributed by atoms with Gasteiger partial charge in [-0.2, -0.15) is 4.39 Å². The molecule has 0 fully saturated rings. The number of methoxy groups -OCH3 is 1. The first-order valence-corrected chi connectivity index (χ1v) is 6.99. The van der Waals surface area contributed by atoms with Crippen molar-refractivity contribution in [2.24, 2.45) is 0 Å². The van der Waals surface area contributed by atoms with Crippen LogP contribution in [0.1, 0.15) is 25.0 Å². The largest absolute Gasteiger partial charge is 0.352 e. The van der Waals surface area contributed by atoms with Crippen LogP contribution in [0.5, 0.6) is 0 Å². The van der Waals surface area contributed by atoms with Crippen molar-refractivity contribution >= 4 is 11.5 Å². The molecule has 0 saturated heterocycles. The highest BCUT2D eigenvalue weighted by atomic mass is 19.1. The summed E-state index contributed by atoms with van der Waals surface area (Å²) in [5.74, 6) is -2.25. The Balaban J connectivity index is 2.40. The maximum atomic E-state index is 14.8. The van der Waals surface area contributed by atoms with Gasteiger partial charge >= 0.3 is 0 Å². The summed E-state index contributed by atoms with van der Waals surface area (Å²) in [6.07, 6.45) is 1.12. The molecule has 0 amide bonds. The van der Waals surface area contributed by atoms with E-state index in [4.69, 9.17) is 9.57 Å². The molecule has 1 aromatic heterocycles. The normalized spacial score (nSPS) is 12.7. The average Bonchev–Trinajstić information content (AvgIpc) is 2.56. The van der Waals surface area contributed by atoms with Crippen LogP contribution in [-0.4, -0.2) is 17.9 Å². The van der Waals surface area contributed by atoms with Crippen LogP contribution in [0, 0.1) is 5.95 Å². The number of hydrogen-bond acceptors (Lipinski definition) is 4. The van der Waals surface area contributed by atoms with Crippen molar-refractivity contribution in [2.75, 3.05) is 7.11 Å². The molecule has 2 aromatic rings. The van der Waals surface area contributed by atoms with E-state index in [9.17, 15) is 8.78 Å². The number of rotatable bonds is 6. The van der Waals surface area contributed by atoms with Gasteiger partial charge in [0.1, 0.15) is 5.70 Å². The van der Waals surface area contributed by atoms with Gasteiger partial charge in [0.25, 0.3) is 0 Å². The predicted molar refractivity (Wildman–Crippen MR) is 83.9 cm³/mol. The quantitative estimate of drug-likeness (QED) is 0.498. The molecule has 0 atom stereocenters. The molecule has 0 aliphatic rings. The average molecular weight is 320 g/mol. The molecule has 1 N–H and O–H groups in total. The van der Waals surface area contributed by atoms with Crippen LogP contribution in [0.2, 0.25) is 0 Å². The van der Waals surface area contributed by atoms with E-state index < -0.39 is 17.6 Å². The van der Waals surface area contributed by atoms with Gasteiger partial charge in [0.2, 0.25) is 5.95 Å². The second-order valence-electron chi connectivity index (χ2n) is 5.23. The van der Waals surface area contributed by atoms with E-state index in [2.05, 4.69) is 10.5 Å². The van der Waals surface area contributed by atoms with E-state index in [1.807, 2.05) is 6.07 Å². The van der Waals surface area contributed by atoms with Crippen molar-refractivity contribution < 1.29 is 18.4 Å². The number of hydroxylamine groups is 1. The van der Waals surface area contributed by atoms with E-state index in [-0.39, 0.29) is 11.3 Å². The van der Waals surface area contributed by atoms with Crippen LogP contribution in [-0.2, 0) is 9.57 Å². The minimum absolute atomic E-state index is 0.101. The second-order valence-corrected chi connectivity index (χ2v) is 5.23. The lowest BCUT2D eigenvalue weighted by Gasteiger charge is -2.24. The molecular formula is C17H18F2N2O2. The monoisotopic (exact) mass is 320 g/mol. The molecular weight excluding hydrogens is 302 g/mol. The number of halogens is 2. The number of hydrogen-bond donors (Lipinski definition) is 1. The number of aromatic nitrogens is 1. The highest BCUT2D eigenvalue weighted by molar-refractivity contribution is 5.85. The third-order valence-electron chi connectivity index (χ3n) is 3.15. The van der Waals surface area contributed by atoms with Crippen molar-refractivity contribution in [3.8, 4) is 0 Å². The predicted octanol–water partition coefficient (Wildman–Crippen LogP) is 3.92. The summed E-state index contributed by atoms with van der Waals surface area (Å²) >= 11 is 0. The van der Waals surface area contributed by atoms with Crippen molar-refractivity contribution in [3.05, 3.63) is 65.7 Å². The Labute approximate surface area is 133 Å². The summed E-state index contributed by atoms with van der Waals surface area (Å²) in [6.45, 7) is 3.36. The van der Waals surface area contributed by atoms with Crippen LogP contribution in [0.15, 0.2) is 48.7 Å². The second kappa shape index (κ2) is 7.30. The Bertz CT molecular complexity index is 671. The fourth-order valence-corrected chi connectivity index (χ4v) is 1.70. The summed E-state index contributed by atoms with van der Waals surface area (Å²) in [7, 11) is 1.48. The van der Waals surface area contributed by atoms with Crippen molar-refractivity contribution in [2.45, 2.75) is 19.6 Å². The van der Waals surface area contributed by atoms with E-state index in [1.165, 1.54) is 13.2 Å². The number of nitrogens with one attached hydrogen (secondary N) is 1. The first kappa shape index (κ1) is 17.1. The van der Waals surface area contributed by atoms with Crippen LogP contribution in [0.4, 0.5) is 8.78 Å². The molecule has 0 radical (unpaired) electrons. The number of ether oxygens (including phenoxy) is 1. The molecule has 1 heterocycles. The Morgan fingerprint density at radius 3 is 2.35 bits per heavy atom. The molecule has 4 nitrogen and oxygen atoms in total. The molecule has 2 rings (SSSR count). The van der Waals surface area contributed by atoms with Gasteiger partial charge in [-0.05, 0) is 26.0 Å². The zero-order valence-corrected chi connectivity index (χ0v) is 13.1. The molecule has 0 spiro atoms. The summed E-state index contributed by atoms with van der Waals surface area (Å²) in [6, 6.07) is 11.2. The van der Waals surface area contributed by atoms with Crippen LogP contribution >= 0.6 is 0 Å². The molecule has 0 saturated carbocycles. The summed E-state index contributed by atoms with van der Waals surface area (Å²) in [5.41, 5.74) is 3.41. The number of nitrogens with zero attached hydrogens (tertiary/aromatic N) is 1. The Hall–Kier alpha value is -2.31. The highest BCUT2D eigenvalue weighted by Gasteiger charge is 2.20. The highest BCUT2D eigenvalue weighted by Crippen LogP contribution is 2.26. The topological polar surface area (TPSA) is 43.4 Å². The van der Waals surface area contributed by atoms with Gasteiger partial charge in [-0.15, -0.1) is 0 Å². The number of benzene rings is 1. The summed E-state index contributed by atoms with van der Waals surface area (Å²) in [5, 5.41) is 0. The van der Waals surface area contributed by atoms with Gasteiger partial charge < -0.3 is 4.74 Å². The van der Waals surface area contributed by atoms with Crippen LogP contribution in [0.25, 0.3) is 11.5 Å². The third-order valence-corrected chi connectivity index (χ3v) is 3.15. The standard InChI is InChI=1S/C17H18F2N2O2/c1-17(2,22-3)23-21-16(12-7-5-4-6-8-12)15(19)13-9-10-14(18)20-11-13/h4-11,21H,1-3H3. The molecule has 1 aromatic carbocycles. The minimum Gasteiger partial charge on any atom is -0.352 e. The van der Waals surface area contributed by atoms with Gasteiger partial charge in [-0.1, -0.05) is 30.3 Å². The maximum Gasteiger partial charge on any atom is 0.212 e. The van der Waals surface area contributed by atoms with Crippen LogP contribution in [0.3, 0.4) is 0 Å². The number of pyridine rings is 1.